The second-order valence-electron chi connectivity index (χ2n) is 7.72. The van der Waals surface area contributed by atoms with Gasteiger partial charge in [0.2, 0.25) is 0 Å². The first-order chi connectivity index (χ1) is 16.4. The molecule has 0 aromatic heterocycles. The highest BCUT2D eigenvalue weighted by molar-refractivity contribution is 8.02. The zero-order chi connectivity index (χ0) is 24.0. The lowest BCUT2D eigenvalue weighted by Crippen LogP contribution is -2.05. The van der Waals surface area contributed by atoms with Crippen molar-refractivity contribution in [2.75, 3.05) is 0 Å². The van der Waals surface area contributed by atoms with Gasteiger partial charge in [-0.2, -0.15) is 13.2 Å². The summed E-state index contributed by atoms with van der Waals surface area (Å²) >= 11 is 1.53. The van der Waals surface area contributed by atoms with Gasteiger partial charge in [0.15, 0.2) is 0 Å². The Hall–Kier alpha value is -3.57. The molecule has 5 heteroatoms. The zero-order valence-corrected chi connectivity index (χ0v) is 19.3. The summed E-state index contributed by atoms with van der Waals surface area (Å²) in [6, 6.07) is 31.0. The van der Waals surface area contributed by atoms with Crippen LogP contribution in [-0.4, -0.2) is 5.71 Å². The summed E-state index contributed by atoms with van der Waals surface area (Å²) in [5.74, 6) is 0. The molecule has 0 spiro atoms. The number of aryl methyl sites for hydroxylation is 1. The third-order valence-corrected chi connectivity index (χ3v) is 6.00. The molecule has 0 radical (unpaired) electrons. The second kappa shape index (κ2) is 10.6. The third kappa shape index (κ3) is 6.27. The Labute approximate surface area is 201 Å². The van der Waals surface area contributed by atoms with E-state index in [0.717, 1.165) is 33.8 Å². The van der Waals surface area contributed by atoms with Crippen LogP contribution in [0.1, 0.15) is 16.7 Å². The zero-order valence-electron chi connectivity index (χ0n) is 18.5. The van der Waals surface area contributed by atoms with Gasteiger partial charge in [-0.25, -0.2) is 4.99 Å². The summed E-state index contributed by atoms with van der Waals surface area (Å²) in [7, 11) is 0. The van der Waals surface area contributed by atoms with Gasteiger partial charge in [-0.1, -0.05) is 84.1 Å². The van der Waals surface area contributed by atoms with Crippen molar-refractivity contribution in [2.45, 2.75) is 18.0 Å². The van der Waals surface area contributed by atoms with Crippen molar-refractivity contribution < 1.29 is 13.2 Å². The van der Waals surface area contributed by atoms with Crippen LogP contribution >= 0.6 is 11.8 Å². The first-order valence-corrected chi connectivity index (χ1v) is 11.6. The van der Waals surface area contributed by atoms with Crippen LogP contribution in [0.4, 0.5) is 18.9 Å². The Balaban J connectivity index is 1.63. The molecule has 0 fully saturated rings. The molecule has 1 nitrogen and oxygen atoms in total. The van der Waals surface area contributed by atoms with Crippen molar-refractivity contribution in [3.05, 3.63) is 131 Å². The van der Waals surface area contributed by atoms with E-state index in [1.807, 2.05) is 97.3 Å². The van der Waals surface area contributed by atoms with Gasteiger partial charge in [-0.15, -0.1) is 0 Å². The van der Waals surface area contributed by atoms with Gasteiger partial charge in [-0.3, -0.25) is 0 Å². The summed E-state index contributed by atoms with van der Waals surface area (Å²) in [6.07, 6.45) is -2.54. The van der Waals surface area contributed by atoms with Crippen molar-refractivity contribution in [3.63, 3.8) is 0 Å². The van der Waals surface area contributed by atoms with Crippen LogP contribution in [0.15, 0.2) is 125 Å². The monoisotopic (exact) mass is 473 g/mol. The van der Waals surface area contributed by atoms with Gasteiger partial charge in [0, 0.05) is 10.5 Å². The predicted molar refractivity (Wildman–Crippen MR) is 136 cm³/mol. The molecule has 4 aromatic carbocycles. The standard InChI is InChI=1S/C29H22F3NS/c1-21-7-17-27(18-8-21)34-20-19-28(24-9-13-25(14-10-24)29(30,31)32)33-26-15-11-23(12-16-26)22-5-3-2-4-6-22/h2-20H,1H3. The number of thioether (sulfide) groups is 1. The fourth-order valence-electron chi connectivity index (χ4n) is 3.32. The minimum absolute atomic E-state index is 0.584. The molecule has 0 amide bonds. The fraction of sp³-hybridized carbons (Fsp3) is 0.0690. The first kappa shape index (κ1) is 23.6. The summed E-state index contributed by atoms with van der Waals surface area (Å²) in [5.41, 5.74) is 4.60. The van der Waals surface area contributed by atoms with Crippen LogP contribution in [0.3, 0.4) is 0 Å². The number of halogens is 3. The smallest absolute Gasteiger partial charge is 0.248 e. The quantitative estimate of drug-likeness (QED) is 0.201. The molecule has 0 saturated carbocycles. The van der Waals surface area contributed by atoms with Crippen LogP contribution in [-0.2, 0) is 6.18 Å². The second-order valence-corrected chi connectivity index (χ2v) is 8.70. The summed E-state index contributed by atoms with van der Waals surface area (Å²) in [5, 5.41) is 1.90. The Morgan fingerprint density at radius 1 is 0.735 bits per heavy atom. The maximum absolute atomic E-state index is 13.0. The number of allylic oxidation sites excluding steroid dienone is 1. The molecule has 170 valence electrons. The van der Waals surface area contributed by atoms with Crippen molar-refractivity contribution in [1.82, 2.24) is 0 Å². The first-order valence-electron chi connectivity index (χ1n) is 10.7. The molecule has 4 aromatic rings. The number of benzene rings is 4. The van der Waals surface area contributed by atoms with E-state index in [9.17, 15) is 13.2 Å². The molecular weight excluding hydrogens is 451 g/mol. The lowest BCUT2D eigenvalue weighted by Gasteiger charge is -2.08. The number of hydrogen-bond acceptors (Lipinski definition) is 2. The highest BCUT2D eigenvalue weighted by Gasteiger charge is 2.30. The van der Waals surface area contributed by atoms with E-state index < -0.39 is 11.7 Å². The van der Waals surface area contributed by atoms with Gasteiger partial charge in [-0.05, 0) is 65.9 Å². The van der Waals surface area contributed by atoms with Crippen LogP contribution in [0, 0.1) is 6.92 Å². The number of rotatable bonds is 6. The minimum atomic E-state index is -4.37. The van der Waals surface area contributed by atoms with Crippen LogP contribution in [0.2, 0.25) is 0 Å². The molecular formula is C29H22F3NS. The average Bonchev–Trinajstić information content (AvgIpc) is 2.85. The largest absolute Gasteiger partial charge is 0.416 e. The van der Waals surface area contributed by atoms with E-state index in [-0.39, 0.29) is 0 Å². The Morgan fingerprint density at radius 2 is 1.35 bits per heavy atom. The number of hydrogen-bond donors (Lipinski definition) is 0. The lowest BCUT2D eigenvalue weighted by molar-refractivity contribution is -0.137. The van der Waals surface area contributed by atoms with Gasteiger partial charge in [0.1, 0.15) is 0 Å². The van der Waals surface area contributed by atoms with Crippen molar-refractivity contribution in [2.24, 2.45) is 4.99 Å². The van der Waals surface area contributed by atoms with E-state index in [1.165, 1.54) is 29.5 Å². The third-order valence-electron chi connectivity index (χ3n) is 5.18. The molecule has 0 aliphatic carbocycles. The Bertz CT molecular complexity index is 1270. The molecule has 34 heavy (non-hydrogen) atoms. The van der Waals surface area contributed by atoms with E-state index in [1.54, 1.807) is 0 Å². The highest BCUT2D eigenvalue weighted by atomic mass is 32.2. The molecule has 0 unspecified atom stereocenters. The van der Waals surface area contributed by atoms with E-state index >= 15 is 0 Å². The molecule has 0 atom stereocenters. The normalized spacial score (nSPS) is 12.3. The summed E-state index contributed by atoms with van der Waals surface area (Å²) in [4.78, 5) is 5.81. The fourth-order valence-corrected chi connectivity index (χ4v) is 3.97. The molecule has 0 N–H and O–H groups in total. The molecule has 0 aliphatic rings. The molecule has 0 bridgehead atoms. The maximum atomic E-state index is 13.0. The minimum Gasteiger partial charge on any atom is -0.248 e. The van der Waals surface area contributed by atoms with Crippen LogP contribution < -0.4 is 0 Å². The van der Waals surface area contributed by atoms with Gasteiger partial charge < -0.3 is 0 Å². The molecule has 0 saturated heterocycles. The van der Waals surface area contributed by atoms with Crippen molar-refractivity contribution in [1.29, 1.82) is 0 Å². The summed E-state index contributed by atoms with van der Waals surface area (Å²) in [6.45, 7) is 2.03. The van der Waals surface area contributed by atoms with Crippen LogP contribution in [0.25, 0.3) is 11.1 Å². The van der Waals surface area contributed by atoms with Gasteiger partial charge >= 0.3 is 6.18 Å². The van der Waals surface area contributed by atoms with Gasteiger partial charge in [0.05, 0.1) is 17.0 Å². The topological polar surface area (TPSA) is 12.4 Å². The number of aliphatic imine (C=N–C) groups is 1. The number of nitrogens with zero attached hydrogens (tertiary/aromatic N) is 1. The Kier molecular flexibility index (Phi) is 7.33. The predicted octanol–water partition coefficient (Wildman–Crippen LogP) is 9.11. The highest BCUT2D eigenvalue weighted by Crippen LogP contribution is 2.30. The van der Waals surface area contributed by atoms with Crippen LogP contribution in [0.5, 0.6) is 0 Å². The lowest BCUT2D eigenvalue weighted by atomic mass is 10.1. The van der Waals surface area contributed by atoms with E-state index in [0.29, 0.717) is 11.3 Å². The van der Waals surface area contributed by atoms with E-state index in [2.05, 4.69) is 0 Å². The van der Waals surface area contributed by atoms with Crippen molar-refractivity contribution >= 4 is 23.2 Å². The Morgan fingerprint density at radius 3 is 1.97 bits per heavy atom. The molecule has 0 heterocycles. The number of alkyl halides is 3. The summed E-state index contributed by atoms with van der Waals surface area (Å²) < 4.78 is 39.0. The SMILES string of the molecule is Cc1ccc(SC=CC(=Nc2ccc(-c3ccccc3)cc2)c2ccc(C(F)(F)F)cc2)cc1. The van der Waals surface area contributed by atoms with Crippen molar-refractivity contribution in [3.8, 4) is 11.1 Å². The van der Waals surface area contributed by atoms with Gasteiger partial charge in [0.25, 0.3) is 0 Å². The molecule has 0 aliphatic heterocycles. The molecule has 4 rings (SSSR count). The average molecular weight is 474 g/mol. The maximum Gasteiger partial charge on any atom is 0.416 e. The van der Waals surface area contributed by atoms with E-state index in [4.69, 9.17) is 4.99 Å².